The molecule has 0 saturated carbocycles. The van der Waals surface area contributed by atoms with Gasteiger partial charge in [0.1, 0.15) is 0 Å². The molecule has 65 valence electrons. The average molecular weight is 187 g/mol. The van der Waals surface area contributed by atoms with Gasteiger partial charge in [-0.25, -0.2) is 0 Å². The molecule has 11 heavy (non-hydrogen) atoms. The van der Waals surface area contributed by atoms with Crippen molar-refractivity contribution in [2.45, 2.75) is 38.7 Å². The number of rotatable bonds is 5. The third kappa shape index (κ3) is 6.53. The van der Waals surface area contributed by atoms with Crippen molar-refractivity contribution >= 4 is 17.4 Å². The van der Waals surface area contributed by atoms with E-state index >= 15 is 0 Å². The Hall–Kier alpha value is 0.134. The van der Waals surface area contributed by atoms with E-state index in [0.29, 0.717) is 0 Å². The van der Waals surface area contributed by atoms with Gasteiger partial charge < -0.3 is 4.12 Å². The van der Waals surface area contributed by atoms with E-state index in [1.54, 1.807) is 0 Å². The SMILES string of the molecule is C=CCC[Si](C)(C)O[Si](C)C. The number of hydrogen-bond donors (Lipinski definition) is 0. The molecular weight excluding hydrogens is 168 g/mol. The molecule has 0 atom stereocenters. The first-order chi connectivity index (χ1) is 4.98. The molecule has 0 aromatic rings. The zero-order valence-electron chi connectivity index (χ0n) is 8.11. The van der Waals surface area contributed by atoms with Gasteiger partial charge >= 0.3 is 0 Å². The molecule has 1 radical (unpaired) electrons. The monoisotopic (exact) mass is 187 g/mol. The predicted octanol–water partition coefficient (Wildman–Crippen LogP) is 3.04. The molecule has 0 saturated heterocycles. The lowest BCUT2D eigenvalue weighted by Crippen LogP contribution is -2.34. The lowest BCUT2D eigenvalue weighted by Gasteiger charge is -2.24. The molecular formula is C8H19OSi2. The van der Waals surface area contributed by atoms with Gasteiger partial charge in [-0.3, -0.25) is 0 Å². The number of hydrogen-bond acceptors (Lipinski definition) is 1. The summed E-state index contributed by atoms with van der Waals surface area (Å²) < 4.78 is 5.93. The van der Waals surface area contributed by atoms with E-state index in [2.05, 4.69) is 32.8 Å². The first-order valence-corrected chi connectivity index (χ1v) is 9.60. The van der Waals surface area contributed by atoms with Crippen LogP contribution in [0.4, 0.5) is 0 Å². The first-order valence-electron chi connectivity index (χ1n) is 4.08. The Balaban J connectivity index is 3.69. The summed E-state index contributed by atoms with van der Waals surface area (Å²) in [4.78, 5) is 0. The smallest absolute Gasteiger partial charge is 0.191 e. The highest BCUT2D eigenvalue weighted by Gasteiger charge is 2.22. The Labute approximate surface area is 73.3 Å². The third-order valence-corrected chi connectivity index (χ3v) is 6.77. The van der Waals surface area contributed by atoms with Crippen molar-refractivity contribution in [2.75, 3.05) is 0 Å². The molecule has 0 aromatic carbocycles. The van der Waals surface area contributed by atoms with E-state index in [4.69, 9.17) is 4.12 Å². The van der Waals surface area contributed by atoms with Crippen LogP contribution in [0, 0.1) is 0 Å². The summed E-state index contributed by atoms with van der Waals surface area (Å²) >= 11 is 0. The Morgan fingerprint density at radius 3 is 2.36 bits per heavy atom. The summed E-state index contributed by atoms with van der Waals surface area (Å²) in [5.41, 5.74) is 0. The van der Waals surface area contributed by atoms with Gasteiger partial charge in [0.15, 0.2) is 17.4 Å². The molecule has 0 amide bonds. The highest BCUT2D eigenvalue weighted by atomic mass is 28.4. The van der Waals surface area contributed by atoms with E-state index < -0.39 is 17.4 Å². The molecule has 0 aliphatic carbocycles. The fourth-order valence-electron chi connectivity index (χ4n) is 1.05. The van der Waals surface area contributed by atoms with Crippen LogP contribution in [0.1, 0.15) is 6.42 Å². The molecule has 0 unspecified atom stereocenters. The van der Waals surface area contributed by atoms with Gasteiger partial charge in [-0.15, -0.1) is 6.58 Å². The maximum absolute atomic E-state index is 5.93. The molecule has 0 N–H and O–H groups in total. The van der Waals surface area contributed by atoms with Crippen LogP contribution in [0.5, 0.6) is 0 Å². The second kappa shape index (κ2) is 4.90. The molecule has 0 bridgehead atoms. The Morgan fingerprint density at radius 2 is 2.00 bits per heavy atom. The highest BCUT2D eigenvalue weighted by Crippen LogP contribution is 2.14. The predicted molar refractivity (Wildman–Crippen MR) is 55.7 cm³/mol. The molecule has 0 heterocycles. The lowest BCUT2D eigenvalue weighted by molar-refractivity contribution is 0.570. The maximum Gasteiger partial charge on any atom is 0.191 e. The van der Waals surface area contributed by atoms with Crippen molar-refractivity contribution in [3.8, 4) is 0 Å². The van der Waals surface area contributed by atoms with Gasteiger partial charge in [0.2, 0.25) is 0 Å². The zero-order valence-corrected chi connectivity index (χ0v) is 10.1. The van der Waals surface area contributed by atoms with E-state index in [9.17, 15) is 0 Å². The van der Waals surface area contributed by atoms with Crippen LogP contribution in [0.15, 0.2) is 12.7 Å². The van der Waals surface area contributed by atoms with Gasteiger partial charge in [-0.2, -0.15) is 0 Å². The van der Waals surface area contributed by atoms with Crippen molar-refractivity contribution in [1.29, 1.82) is 0 Å². The molecule has 3 heteroatoms. The van der Waals surface area contributed by atoms with Crippen LogP contribution in [0.25, 0.3) is 0 Å². The van der Waals surface area contributed by atoms with Crippen LogP contribution in [-0.2, 0) is 4.12 Å². The summed E-state index contributed by atoms with van der Waals surface area (Å²) in [6, 6.07) is 1.21. The first kappa shape index (κ1) is 11.1. The second-order valence-corrected chi connectivity index (χ2v) is 10.2. The van der Waals surface area contributed by atoms with Gasteiger partial charge in [0.05, 0.1) is 0 Å². The maximum atomic E-state index is 5.93. The van der Waals surface area contributed by atoms with Crippen molar-refractivity contribution < 1.29 is 4.12 Å². The minimum absolute atomic E-state index is 0.494. The molecule has 0 fully saturated rings. The van der Waals surface area contributed by atoms with Gasteiger partial charge in [-0.1, -0.05) is 6.08 Å². The van der Waals surface area contributed by atoms with Crippen molar-refractivity contribution in [1.82, 2.24) is 0 Å². The topological polar surface area (TPSA) is 9.23 Å². The molecule has 0 aromatic heterocycles. The van der Waals surface area contributed by atoms with Crippen LogP contribution >= 0.6 is 0 Å². The van der Waals surface area contributed by atoms with Crippen LogP contribution in [0.2, 0.25) is 32.2 Å². The number of allylic oxidation sites excluding steroid dienone is 1. The Bertz CT molecular complexity index is 121. The van der Waals surface area contributed by atoms with Crippen molar-refractivity contribution in [2.24, 2.45) is 0 Å². The normalized spacial score (nSPS) is 12.1. The Morgan fingerprint density at radius 1 is 1.45 bits per heavy atom. The van der Waals surface area contributed by atoms with Crippen molar-refractivity contribution in [3.05, 3.63) is 12.7 Å². The van der Waals surface area contributed by atoms with E-state index in [1.165, 1.54) is 6.04 Å². The lowest BCUT2D eigenvalue weighted by atomic mass is 10.5. The quantitative estimate of drug-likeness (QED) is 0.475. The van der Waals surface area contributed by atoms with Gasteiger partial charge in [0, 0.05) is 0 Å². The fraction of sp³-hybridized carbons (Fsp3) is 0.750. The second-order valence-electron chi connectivity index (χ2n) is 3.60. The Kier molecular flexibility index (Phi) is 4.96. The summed E-state index contributed by atoms with van der Waals surface area (Å²) in [6.07, 6.45) is 3.09. The fourth-order valence-corrected chi connectivity index (χ4v) is 6.78. The molecule has 0 aliphatic rings. The largest absolute Gasteiger partial charge is 0.456 e. The summed E-state index contributed by atoms with van der Waals surface area (Å²) in [7, 11) is -1.81. The minimum atomic E-state index is -1.31. The average Bonchev–Trinajstić information content (AvgIpc) is 1.81. The molecule has 0 spiro atoms. The summed E-state index contributed by atoms with van der Waals surface area (Å²) in [6.45, 7) is 12.7. The summed E-state index contributed by atoms with van der Waals surface area (Å²) in [5.74, 6) is 0. The molecule has 0 rings (SSSR count). The van der Waals surface area contributed by atoms with Crippen LogP contribution < -0.4 is 0 Å². The molecule has 1 nitrogen and oxygen atoms in total. The molecule has 0 aliphatic heterocycles. The van der Waals surface area contributed by atoms with E-state index in [0.717, 1.165) is 6.42 Å². The standard InChI is InChI=1S/C8H19OSi2/c1-6-7-8-11(4,5)9-10(2)3/h6H,1,7-8H2,2-5H3. The van der Waals surface area contributed by atoms with Gasteiger partial charge in [-0.05, 0) is 38.7 Å². The summed E-state index contributed by atoms with van der Waals surface area (Å²) in [5, 5.41) is 0. The van der Waals surface area contributed by atoms with E-state index in [-0.39, 0.29) is 0 Å². The van der Waals surface area contributed by atoms with Crippen LogP contribution in [-0.4, -0.2) is 17.4 Å². The van der Waals surface area contributed by atoms with Crippen molar-refractivity contribution in [3.63, 3.8) is 0 Å². The zero-order chi connectivity index (χ0) is 8.91. The van der Waals surface area contributed by atoms with Gasteiger partial charge in [0.25, 0.3) is 0 Å². The minimum Gasteiger partial charge on any atom is -0.456 e. The third-order valence-electron chi connectivity index (χ3n) is 1.43. The van der Waals surface area contributed by atoms with Crippen LogP contribution in [0.3, 0.4) is 0 Å². The highest BCUT2D eigenvalue weighted by molar-refractivity contribution is 6.77. The van der Waals surface area contributed by atoms with E-state index in [1.807, 2.05) is 6.08 Å².